The summed E-state index contributed by atoms with van der Waals surface area (Å²) in [7, 11) is 1.78. The maximum absolute atomic E-state index is 12.5. The molecule has 26 heavy (non-hydrogen) atoms. The third-order valence-corrected chi connectivity index (χ3v) is 4.56. The van der Waals surface area contributed by atoms with Crippen LogP contribution < -0.4 is 10.2 Å². The van der Waals surface area contributed by atoms with Crippen LogP contribution in [-0.2, 0) is 7.05 Å². The number of carbonyl (C=O) groups is 1. The Morgan fingerprint density at radius 2 is 2.27 bits per heavy atom. The summed E-state index contributed by atoms with van der Waals surface area (Å²) in [5.41, 5.74) is 3.23. The number of anilines is 1. The maximum Gasteiger partial charge on any atom is 0.269 e. The van der Waals surface area contributed by atoms with Gasteiger partial charge < -0.3 is 15.2 Å². The second-order valence-electron chi connectivity index (χ2n) is 6.53. The fraction of sp³-hybridized carbons (Fsp3) is 0.333. The molecule has 4 rings (SSSR count). The molecule has 3 aromatic rings. The van der Waals surface area contributed by atoms with Crippen molar-refractivity contribution in [3.63, 3.8) is 0 Å². The molecule has 0 saturated carbocycles. The van der Waals surface area contributed by atoms with Gasteiger partial charge >= 0.3 is 0 Å². The van der Waals surface area contributed by atoms with E-state index in [0.29, 0.717) is 18.2 Å². The van der Waals surface area contributed by atoms with Crippen molar-refractivity contribution in [2.45, 2.75) is 19.4 Å². The van der Waals surface area contributed by atoms with Crippen LogP contribution in [0.25, 0.3) is 11.4 Å². The van der Waals surface area contributed by atoms with Gasteiger partial charge in [-0.1, -0.05) is 0 Å². The fourth-order valence-electron chi connectivity index (χ4n) is 3.28. The molecular formula is C18H21N7O. The zero-order valence-corrected chi connectivity index (χ0v) is 14.8. The van der Waals surface area contributed by atoms with Crippen molar-refractivity contribution in [2.24, 2.45) is 7.05 Å². The van der Waals surface area contributed by atoms with Crippen LogP contribution in [0.3, 0.4) is 0 Å². The van der Waals surface area contributed by atoms with Gasteiger partial charge in [-0.15, -0.1) is 0 Å². The van der Waals surface area contributed by atoms with E-state index in [9.17, 15) is 4.79 Å². The van der Waals surface area contributed by atoms with Crippen LogP contribution in [0, 0.1) is 6.92 Å². The molecule has 1 atom stereocenters. The van der Waals surface area contributed by atoms with E-state index < -0.39 is 0 Å². The van der Waals surface area contributed by atoms with Gasteiger partial charge in [-0.2, -0.15) is 5.10 Å². The highest BCUT2D eigenvalue weighted by Crippen LogP contribution is 2.20. The van der Waals surface area contributed by atoms with Gasteiger partial charge in [0.05, 0.1) is 17.1 Å². The van der Waals surface area contributed by atoms with Crippen LogP contribution in [0.1, 0.15) is 22.6 Å². The molecule has 2 N–H and O–H groups in total. The predicted molar refractivity (Wildman–Crippen MR) is 97.8 cm³/mol. The van der Waals surface area contributed by atoms with Gasteiger partial charge in [0, 0.05) is 38.6 Å². The molecule has 1 aliphatic rings. The maximum atomic E-state index is 12.5. The minimum Gasteiger partial charge on any atom is -0.360 e. The average Bonchev–Trinajstić information content (AvgIpc) is 3.36. The van der Waals surface area contributed by atoms with Crippen molar-refractivity contribution < 1.29 is 4.79 Å². The van der Waals surface area contributed by atoms with Crippen molar-refractivity contribution >= 4 is 11.9 Å². The van der Waals surface area contributed by atoms with Crippen LogP contribution in [-0.4, -0.2) is 49.8 Å². The van der Waals surface area contributed by atoms with Gasteiger partial charge in [-0.25, -0.2) is 9.97 Å². The van der Waals surface area contributed by atoms with E-state index in [1.165, 1.54) is 0 Å². The summed E-state index contributed by atoms with van der Waals surface area (Å²) in [6.07, 6.45) is 4.50. The number of hydrogen-bond acceptors (Lipinski definition) is 5. The van der Waals surface area contributed by atoms with Crippen LogP contribution in [0.15, 0.2) is 36.7 Å². The summed E-state index contributed by atoms with van der Waals surface area (Å²) in [6.45, 7) is 3.38. The first kappa shape index (κ1) is 16.3. The van der Waals surface area contributed by atoms with Crippen molar-refractivity contribution in [1.82, 2.24) is 30.0 Å². The summed E-state index contributed by atoms with van der Waals surface area (Å²) in [5, 5.41) is 7.31. The van der Waals surface area contributed by atoms with E-state index in [-0.39, 0.29) is 11.9 Å². The van der Waals surface area contributed by atoms with Gasteiger partial charge in [0.1, 0.15) is 5.69 Å². The second-order valence-corrected chi connectivity index (χ2v) is 6.53. The standard InChI is InChI=1S/C18H21N7O/c1-12-10-16(24(2)23-12)17(26)21-13-6-9-25(11-13)18-20-8-5-15(22-18)14-4-3-7-19-14/h3-5,7-8,10,13,19H,6,9,11H2,1-2H3,(H,21,26). The van der Waals surface area contributed by atoms with Crippen molar-refractivity contribution in [2.75, 3.05) is 18.0 Å². The number of nitrogens with one attached hydrogen (secondary N) is 2. The van der Waals surface area contributed by atoms with Crippen LogP contribution in [0.5, 0.6) is 0 Å². The summed E-state index contributed by atoms with van der Waals surface area (Å²) in [5.74, 6) is 0.589. The molecule has 8 heteroatoms. The molecule has 1 unspecified atom stereocenters. The van der Waals surface area contributed by atoms with E-state index in [1.54, 1.807) is 24.0 Å². The van der Waals surface area contributed by atoms with Gasteiger partial charge in [0.2, 0.25) is 5.95 Å². The summed E-state index contributed by atoms with van der Waals surface area (Å²) < 4.78 is 1.61. The first-order valence-corrected chi connectivity index (χ1v) is 8.63. The number of hydrogen-bond donors (Lipinski definition) is 2. The molecule has 1 aliphatic heterocycles. The van der Waals surface area contributed by atoms with Crippen molar-refractivity contribution in [3.05, 3.63) is 48.0 Å². The Hall–Kier alpha value is -3.16. The molecule has 0 spiro atoms. The van der Waals surface area contributed by atoms with Crippen LogP contribution in [0.2, 0.25) is 0 Å². The fourth-order valence-corrected chi connectivity index (χ4v) is 3.28. The Kier molecular flexibility index (Phi) is 4.16. The van der Waals surface area contributed by atoms with E-state index in [2.05, 4.69) is 30.3 Å². The lowest BCUT2D eigenvalue weighted by molar-refractivity contribution is 0.0931. The smallest absolute Gasteiger partial charge is 0.269 e. The number of carbonyl (C=O) groups excluding carboxylic acids is 1. The number of H-pyrrole nitrogens is 1. The summed E-state index contributed by atoms with van der Waals surface area (Å²) >= 11 is 0. The van der Waals surface area contributed by atoms with E-state index in [1.807, 2.05) is 31.3 Å². The monoisotopic (exact) mass is 351 g/mol. The molecule has 1 amide bonds. The number of aromatic nitrogens is 5. The Bertz CT molecular complexity index is 916. The van der Waals surface area contributed by atoms with Gasteiger partial charge in [0.25, 0.3) is 5.91 Å². The highest BCUT2D eigenvalue weighted by atomic mass is 16.2. The minimum absolute atomic E-state index is 0.0652. The van der Waals surface area contributed by atoms with E-state index in [4.69, 9.17) is 0 Å². The molecule has 0 bridgehead atoms. The predicted octanol–water partition coefficient (Wildman–Crippen LogP) is 1.52. The van der Waals surface area contributed by atoms with Crippen molar-refractivity contribution in [3.8, 4) is 11.4 Å². The molecule has 8 nitrogen and oxygen atoms in total. The normalized spacial score (nSPS) is 16.8. The Balaban J connectivity index is 1.43. The SMILES string of the molecule is Cc1cc(C(=O)NC2CCN(c3nccc(-c4ccc[nH]4)n3)C2)n(C)n1. The van der Waals surface area contributed by atoms with Crippen LogP contribution in [0.4, 0.5) is 5.95 Å². The largest absolute Gasteiger partial charge is 0.360 e. The highest BCUT2D eigenvalue weighted by molar-refractivity contribution is 5.92. The van der Waals surface area contributed by atoms with Crippen molar-refractivity contribution in [1.29, 1.82) is 0 Å². The zero-order valence-electron chi connectivity index (χ0n) is 14.8. The molecule has 4 heterocycles. The Morgan fingerprint density at radius 3 is 3.00 bits per heavy atom. The number of aryl methyl sites for hydroxylation is 2. The number of nitrogens with zero attached hydrogens (tertiary/aromatic N) is 5. The van der Waals surface area contributed by atoms with Gasteiger partial charge in [0.15, 0.2) is 0 Å². The molecule has 3 aromatic heterocycles. The number of rotatable bonds is 4. The third-order valence-electron chi connectivity index (χ3n) is 4.56. The first-order valence-electron chi connectivity index (χ1n) is 8.63. The third kappa shape index (κ3) is 3.17. The molecule has 1 fully saturated rings. The van der Waals surface area contributed by atoms with E-state index in [0.717, 1.165) is 30.0 Å². The Morgan fingerprint density at radius 1 is 1.38 bits per heavy atom. The number of amides is 1. The molecule has 0 radical (unpaired) electrons. The lowest BCUT2D eigenvalue weighted by Crippen LogP contribution is -2.38. The Labute approximate surface area is 151 Å². The minimum atomic E-state index is -0.0963. The van der Waals surface area contributed by atoms with Crippen LogP contribution >= 0.6 is 0 Å². The molecule has 134 valence electrons. The summed E-state index contributed by atoms with van der Waals surface area (Å²) in [6, 6.07) is 7.67. The molecule has 0 aliphatic carbocycles. The molecular weight excluding hydrogens is 330 g/mol. The quantitative estimate of drug-likeness (QED) is 0.744. The molecule has 1 saturated heterocycles. The number of aromatic amines is 1. The van der Waals surface area contributed by atoms with Gasteiger partial charge in [-0.3, -0.25) is 9.48 Å². The second kappa shape index (κ2) is 6.62. The topological polar surface area (TPSA) is 91.7 Å². The molecule has 0 aromatic carbocycles. The zero-order chi connectivity index (χ0) is 18.1. The van der Waals surface area contributed by atoms with E-state index >= 15 is 0 Å². The van der Waals surface area contributed by atoms with Gasteiger partial charge in [-0.05, 0) is 37.6 Å². The highest BCUT2D eigenvalue weighted by Gasteiger charge is 2.27. The summed E-state index contributed by atoms with van der Waals surface area (Å²) in [4.78, 5) is 26.8. The lowest BCUT2D eigenvalue weighted by atomic mass is 10.2. The first-order chi connectivity index (χ1) is 12.6. The average molecular weight is 351 g/mol. The lowest BCUT2D eigenvalue weighted by Gasteiger charge is -2.17.